The summed E-state index contributed by atoms with van der Waals surface area (Å²) in [6.45, 7) is 2.22. The summed E-state index contributed by atoms with van der Waals surface area (Å²) >= 11 is 6.42. The van der Waals surface area contributed by atoms with Crippen molar-refractivity contribution in [3.05, 3.63) is 76.2 Å². The van der Waals surface area contributed by atoms with E-state index in [9.17, 15) is 9.59 Å². The lowest BCUT2D eigenvalue weighted by Crippen LogP contribution is -2.54. The topological polar surface area (TPSA) is 76.9 Å². The van der Waals surface area contributed by atoms with Crippen molar-refractivity contribution in [2.24, 2.45) is 0 Å². The minimum atomic E-state index is -0.670. The van der Waals surface area contributed by atoms with Gasteiger partial charge in [-0.25, -0.2) is 0 Å². The van der Waals surface area contributed by atoms with E-state index in [2.05, 4.69) is 5.10 Å². The van der Waals surface area contributed by atoms with Gasteiger partial charge in [0.05, 0.1) is 17.6 Å². The van der Waals surface area contributed by atoms with Crippen molar-refractivity contribution in [1.29, 1.82) is 0 Å². The van der Waals surface area contributed by atoms with E-state index in [4.69, 9.17) is 21.1 Å². The molecule has 164 valence electrons. The van der Waals surface area contributed by atoms with Crippen molar-refractivity contribution in [1.82, 2.24) is 14.7 Å². The van der Waals surface area contributed by atoms with E-state index in [1.165, 1.54) is 4.68 Å². The number of ether oxygens (including phenoxy) is 2. The van der Waals surface area contributed by atoms with Crippen LogP contribution in [0.15, 0.2) is 65.6 Å². The van der Waals surface area contributed by atoms with Gasteiger partial charge in [-0.05, 0) is 24.3 Å². The highest BCUT2D eigenvalue weighted by Crippen LogP contribution is 2.31. The van der Waals surface area contributed by atoms with E-state index < -0.39 is 6.10 Å². The summed E-state index contributed by atoms with van der Waals surface area (Å²) in [5.74, 6) is 1.11. The van der Waals surface area contributed by atoms with E-state index in [0.717, 1.165) is 0 Å². The molecule has 1 amide bonds. The van der Waals surface area contributed by atoms with Crippen LogP contribution in [0.2, 0.25) is 5.02 Å². The molecule has 0 radical (unpaired) electrons. The fourth-order valence-corrected chi connectivity index (χ4v) is 4.16. The summed E-state index contributed by atoms with van der Waals surface area (Å²) in [4.78, 5) is 29.4. The van der Waals surface area contributed by atoms with Gasteiger partial charge >= 0.3 is 0 Å². The maximum Gasteiger partial charge on any atom is 0.292 e. The molecule has 5 rings (SSSR count). The van der Waals surface area contributed by atoms with Gasteiger partial charge in [-0.3, -0.25) is 9.59 Å². The highest BCUT2D eigenvalue weighted by molar-refractivity contribution is 6.33. The standard InChI is InChI=1S/C23H21ClN4O4/c24-21-17(14-25-28(23(21)30)16-6-2-1-3-7-16)26-10-12-27(13-11-26)22(29)20-15-31-18-8-4-5-9-19(18)32-20/h1-9,14,20H,10-13,15H2/t20-/m1/s1. The summed E-state index contributed by atoms with van der Waals surface area (Å²) < 4.78 is 12.8. The van der Waals surface area contributed by atoms with E-state index in [0.29, 0.717) is 49.1 Å². The number of nitrogens with zero attached hydrogens (tertiary/aromatic N) is 4. The number of para-hydroxylation sites is 3. The molecule has 32 heavy (non-hydrogen) atoms. The van der Waals surface area contributed by atoms with Crippen LogP contribution in [-0.4, -0.2) is 59.5 Å². The second kappa shape index (κ2) is 8.55. The summed E-state index contributed by atoms with van der Waals surface area (Å²) in [5.41, 5.74) is 0.847. The zero-order valence-corrected chi connectivity index (χ0v) is 17.9. The maximum atomic E-state index is 12.9. The number of anilines is 1. The molecule has 1 saturated heterocycles. The Balaban J connectivity index is 1.26. The second-order valence-corrected chi connectivity index (χ2v) is 7.95. The molecule has 1 aromatic heterocycles. The van der Waals surface area contributed by atoms with Gasteiger partial charge in [-0.1, -0.05) is 41.9 Å². The molecular weight excluding hydrogens is 432 g/mol. The minimum absolute atomic E-state index is 0.108. The zero-order chi connectivity index (χ0) is 22.1. The van der Waals surface area contributed by atoms with Crippen LogP contribution in [0.4, 0.5) is 5.69 Å². The van der Waals surface area contributed by atoms with Gasteiger partial charge in [0.25, 0.3) is 11.5 Å². The van der Waals surface area contributed by atoms with Gasteiger partial charge in [-0.15, -0.1) is 0 Å². The second-order valence-electron chi connectivity index (χ2n) is 7.57. The first-order valence-electron chi connectivity index (χ1n) is 10.4. The van der Waals surface area contributed by atoms with Crippen LogP contribution in [0, 0.1) is 0 Å². The molecule has 3 heterocycles. The largest absolute Gasteiger partial charge is 0.485 e. The predicted molar refractivity (Wildman–Crippen MR) is 120 cm³/mol. The fourth-order valence-electron chi connectivity index (χ4n) is 3.91. The molecular formula is C23H21ClN4O4. The van der Waals surface area contributed by atoms with Gasteiger partial charge in [0.2, 0.25) is 6.10 Å². The van der Waals surface area contributed by atoms with E-state index in [1.807, 2.05) is 41.3 Å². The SMILES string of the molecule is O=C([C@H]1COc2ccccc2O1)N1CCN(c2cnn(-c3ccccc3)c(=O)c2Cl)CC1. The van der Waals surface area contributed by atoms with Gasteiger partial charge in [0.1, 0.15) is 11.6 Å². The lowest BCUT2D eigenvalue weighted by Gasteiger charge is -2.38. The van der Waals surface area contributed by atoms with Crippen molar-refractivity contribution < 1.29 is 14.3 Å². The molecule has 2 aromatic carbocycles. The molecule has 1 atom stereocenters. The number of piperazine rings is 1. The Morgan fingerprint density at radius 2 is 1.66 bits per heavy atom. The number of fused-ring (bicyclic) bond motifs is 1. The molecule has 0 aliphatic carbocycles. The van der Waals surface area contributed by atoms with Crippen molar-refractivity contribution in [2.75, 3.05) is 37.7 Å². The van der Waals surface area contributed by atoms with E-state index in [-0.39, 0.29) is 23.1 Å². The third kappa shape index (κ3) is 3.78. The number of rotatable bonds is 3. The molecule has 0 bridgehead atoms. The Bertz CT molecular complexity index is 1190. The highest BCUT2D eigenvalue weighted by Gasteiger charge is 2.33. The number of hydrogen-bond donors (Lipinski definition) is 0. The van der Waals surface area contributed by atoms with Crippen LogP contribution in [-0.2, 0) is 4.79 Å². The Morgan fingerprint density at radius 1 is 0.969 bits per heavy atom. The molecule has 2 aliphatic heterocycles. The summed E-state index contributed by atoms with van der Waals surface area (Å²) in [7, 11) is 0. The van der Waals surface area contributed by atoms with Gasteiger partial charge in [0, 0.05) is 26.2 Å². The van der Waals surface area contributed by atoms with Crippen molar-refractivity contribution >= 4 is 23.2 Å². The van der Waals surface area contributed by atoms with Crippen molar-refractivity contribution in [2.45, 2.75) is 6.10 Å². The van der Waals surface area contributed by atoms with Gasteiger partial charge < -0.3 is 19.3 Å². The first kappa shape index (κ1) is 20.4. The first-order chi connectivity index (χ1) is 15.6. The van der Waals surface area contributed by atoms with Crippen LogP contribution >= 0.6 is 11.6 Å². The average molecular weight is 453 g/mol. The quantitative estimate of drug-likeness (QED) is 0.607. The number of halogens is 1. The summed E-state index contributed by atoms with van der Waals surface area (Å²) in [6, 6.07) is 16.4. The third-order valence-corrected chi connectivity index (χ3v) is 5.97. The molecule has 2 aliphatic rings. The number of carbonyl (C=O) groups excluding carboxylic acids is 1. The van der Waals surface area contributed by atoms with E-state index in [1.54, 1.807) is 29.3 Å². The van der Waals surface area contributed by atoms with Crippen molar-refractivity contribution in [3.8, 4) is 17.2 Å². The Hall–Kier alpha value is -3.52. The first-order valence-corrected chi connectivity index (χ1v) is 10.7. The molecule has 0 saturated carbocycles. The average Bonchev–Trinajstić information content (AvgIpc) is 2.85. The Labute approximate surface area is 189 Å². The lowest BCUT2D eigenvalue weighted by molar-refractivity contribution is -0.141. The molecule has 3 aromatic rings. The predicted octanol–water partition coefficient (Wildman–Crippen LogP) is 2.37. The zero-order valence-electron chi connectivity index (χ0n) is 17.2. The van der Waals surface area contributed by atoms with Crippen LogP contribution in [0.5, 0.6) is 11.5 Å². The van der Waals surface area contributed by atoms with Gasteiger partial charge in [-0.2, -0.15) is 9.78 Å². The normalized spacial score (nSPS) is 17.8. The molecule has 0 N–H and O–H groups in total. The van der Waals surface area contributed by atoms with Crippen molar-refractivity contribution in [3.63, 3.8) is 0 Å². The Kier molecular flexibility index (Phi) is 5.45. The number of carbonyl (C=O) groups is 1. The number of hydrogen-bond acceptors (Lipinski definition) is 6. The number of amides is 1. The number of aromatic nitrogens is 2. The van der Waals surface area contributed by atoms with Crippen LogP contribution < -0.4 is 19.9 Å². The summed E-state index contributed by atoms with van der Waals surface area (Å²) in [5, 5.41) is 4.41. The van der Waals surface area contributed by atoms with Crippen LogP contribution in [0.1, 0.15) is 0 Å². The van der Waals surface area contributed by atoms with Gasteiger partial charge in [0.15, 0.2) is 11.5 Å². The third-order valence-electron chi connectivity index (χ3n) is 5.62. The maximum absolute atomic E-state index is 12.9. The summed E-state index contributed by atoms with van der Waals surface area (Å²) in [6.07, 6.45) is 0.931. The molecule has 1 fully saturated rings. The minimum Gasteiger partial charge on any atom is -0.485 e. The lowest BCUT2D eigenvalue weighted by atomic mass is 10.2. The molecule has 8 nitrogen and oxygen atoms in total. The Morgan fingerprint density at radius 3 is 2.41 bits per heavy atom. The molecule has 0 spiro atoms. The highest BCUT2D eigenvalue weighted by atomic mass is 35.5. The van der Waals surface area contributed by atoms with E-state index >= 15 is 0 Å². The monoisotopic (exact) mass is 452 g/mol. The fraction of sp³-hybridized carbons (Fsp3) is 0.261. The van der Waals surface area contributed by atoms with Crippen LogP contribution in [0.25, 0.3) is 5.69 Å². The smallest absolute Gasteiger partial charge is 0.292 e. The van der Waals surface area contributed by atoms with Crippen LogP contribution in [0.3, 0.4) is 0 Å². The number of benzene rings is 2. The molecule has 0 unspecified atom stereocenters. The molecule has 9 heteroatoms.